The van der Waals surface area contributed by atoms with E-state index >= 15 is 0 Å². The van der Waals surface area contributed by atoms with Gasteiger partial charge in [-0.25, -0.2) is 4.79 Å². The first-order chi connectivity index (χ1) is 7.53. The second-order valence-electron chi connectivity index (χ2n) is 4.73. The molecule has 16 heavy (non-hydrogen) atoms. The number of hydrogen-bond donors (Lipinski definition) is 1. The van der Waals surface area contributed by atoms with Gasteiger partial charge in [0.05, 0.1) is 12.7 Å². The van der Waals surface area contributed by atoms with Gasteiger partial charge >= 0.3 is 5.97 Å². The first-order valence-corrected chi connectivity index (χ1v) is 6.06. The highest BCUT2D eigenvalue weighted by atomic mass is 16.5. The monoisotopic (exact) mass is 229 g/mol. The molecule has 1 saturated heterocycles. The normalized spacial score (nSPS) is 29.7. The topological polar surface area (TPSA) is 47.6 Å². The minimum atomic E-state index is -0.639. The van der Waals surface area contributed by atoms with Crippen molar-refractivity contribution in [1.29, 1.82) is 0 Å². The average Bonchev–Trinajstić information content (AvgIpc) is 2.58. The van der Waals surface area contributed by atoms with Crippen molar-refractivity contribution < 1.29 is 14.3 Å². The molecule has 2 unspecified atom stereocenters. The smallest absolute Gasteiger partial charge is 0.329 e. The van der Waals surface area contributed by atoms with Crippen LogP contribution in [0.5, 0.6) is 0 Å². The van der Waals surface area contributed by atoms with Gasteiger partial charge in [0.1, 0.15) is 5.54 Å². The molecule has 1 N–H and O–H groups in total. The Kier molecular flexibility index (Phi) is 4.74. The molecule has 0 bridgehead atoms. The van der Waals surface area contributed by atoms with Gasteiger partial charge in [-0.1, -0.05) is 13.8 Å². The summed E-state index contributed by atoms with van der Waals surface area (Å²) in [5.41, 5.74) is -0.639. The number of rotatable bonds is 5. The molecule has 0 radical (unpaired) electrons. The highest BCUT2D eigenvalue weighted by molar-refractivity contribution is 5.82. The van der Waals surface area contributed by atoms with Gasteiger partial charge in [0.2, 0.25) is 0 Å². The predicted octanol–water partition coefficient (Wildman–Crippen LogP) is 1.34. The van der Waals surface area contributed by atoms with Crippen LogP contribution < -0.4 is 5.32 Å². The zero-order valence-electron chi connectivity index (χ0n) is 10.7. The summed E-state index contributed by atoms with van der Waals surface area (Å²) in [6, 6.07) is 0. The summed E-state index contributed by atoms with van der Waals surface area (Å²) >= 11 is 0. The molecule has 0 aliphatic carbocycles. The second kappa shape index (κ2) is 5.64. The van der Waals surface area contributed by atoms with Gasteiger partial charge in [-0.05, 0) is 26.3 Å². The van der Waals surface area contributed by atoms with E-state index in [1.54, 1.807) is 0 Å². The van der Waals surface area contributed by atoms with Crippen LogP contribution in [0, 0.1) is 5.92 Å². The molecule has 0 aromatic rings. The van der Waals surface area contributed by atoms with Gasteiger partial charge in [-0.3, -0.25) is 5.32 Å². The largest absolute Gasteiger partial charge is 0.465 e. The SMILES string of the molecule is CCOC(=O)C1(NCC(C)C)CCOC1C. The van der Waals surface area contributed by atoms with Crippen molar-refractivity contribution in [3.63, 3.8) is 0 Å². The lowest BCUT2D eigenvalue weighted by molar-refractivity contribution is -0.153. The molecule has 1 aliphatic heterocycles. The third-order valence-corrected chi connectivity index (χ3v) is 3.02. The number of carbonyl (C=O) groups excluding carboxylic acids is 1. The maximum absolute atomic E-state index is 12.0. The van der Waals surface area contributed by atoms with Gasteiger partial charge in [0.15, 0.2) is 0 Å². The fourth-order valence-electron chi connectivity index (χ4n) is 1.96. The Hall–Kier alpha value is -0.610. The van der Waals surface area contributed by atoms with Crippen LogP contribution in [0.15, 0.2) is 0 Å². The van der Waals surface area contributed by atoms with E-state index in [0.717, 1.165) is 6.54 Å². The van der Waals surface area contributed by atoms with Gasteiger partial charge in [0, 0.05) is 13.0 Å². The summed E-state index contributed by atoms with van der Waals surface area (Å²) in [7, 11) is 0. The zero-order chi connectivity index (χ0) is 12.2. The molecule has 2 atom stereocenters. The van der Waals surface area contributed by atoms with Crippen LogP contribution in [0.1, 0.15) is 34.1 Å². The third-order valence-electron chi connectivity index (χ3n) is 3.02. The van der Waals surface area contributed by atoms with E-state index in [9.17, 15) is 4.79 Å². The van der Waals surface area contributed by atoms with E-state index in [-0.39, 0.29) is 12.1 Å². The highest BCUT2D eigenvalue weighted by Gasteiger charge is 2.49. The van der Waals surface area contributed by atoms with Crippen LogP contribution in [0.25, 0.3) is 0 Å². The molecule has 0 spiro atoms. The number of esters is 1. The van der Waals surface area contributed by atoms with E-state index in [2.05, 4.69) is 19.2 Å². The van der Waals surface area contributed by atoms with Crippen LogP contribution >= 0.6 is 0 Å². The number of carbonyl (C=O) groups is 1. The Morgan fingerprint density at radius 2 is 2.31 bits per heavy atom. The highest BCUT2D eigenvalue weighted by Crippen LogP contribution is 2.27. The summed E-state index contributed by atoms with van der Waals surface area (Å²) in [5.74, 6) is 0.319. The Balaban J connectivity index is 2.72. The Morgan fingerprint density at radius 3 is 2.75 bits per heavy atom. The van der Waals surface area contributed by atoms with Crippen molar-refractivity contribution in [3.8, 4) is 0 Å². The van der Waals surface area contributed by atoms with Crippen molar-refractivity contribution in [2.75, 3.05) is 19.8 Å². The first kappa shape index (κ1) is 13.5. The fraction of sp³-hybridized carbons (Fsp3) is 0.917. The summed E-state index contributed by atoms with van der Waals surface area (Å²) < 4.78 is 10.7. The zero-order valence-corrected chi connectivity index (χ0v) is 10.7. The predicted molar refractivity (Wildman–Crippen MR) is 62.2 cm³/mol. The van der Waals surface area contributed by atoms with Gasteiger partial charge < -0.3 is 9.47 Å². The maximum Gasteiger partial charge on any atom is 0.329 e. The molecule has 1 heterocycles. The Labute approximate surface area is 97.7 Å². The van der Waals surface area contributed by atoms with Gasteiger partial charge in [-0.15, -0.1) is 0 Å². The molecule has 0 aromatic carbocycles. The quantitative estimate of drug-likeness (QED) is 0.723. The summed E-state index contributed by atoms with van der Waals surface area (Å²) in [4.78, 5) is 12.0. The van der Waals surface area contributed by atoms with E-state index < -0.39 is 5.54 Å². The molecular weight excluding hydrogens is 206 g/mol. The number of hydrogen-bond acceptors (Lipinski definition) is 4. The molecule has 94 valence electrons. The standard InChI is InChI=1S/C12H23NO3/c1-5-15-11(14)12(13-8-9(2)3)6-7-16-10(12)4/h9-10,13H,5-8H2,1-4H3. The second-order valence-corrected chi connectivity index (χ2v) is 4.73. The molecule has 0 aromatic heterocycles. The molecule has 1 aliphatic rings. The average molecular weight is 229 g/mol. The number of nitrogens with one attached hydrogen (secondary N) is 1. The fourth-order valence-corrected chi connectivity index (χ4v) is 1.96. The van der Waals surface area contributed by atoms with Crippen molar-refractivity contribution >= 4 is 5.97 Å². The first-order valence-electron chi connectivity index (χ1n) is 6.06. The number of ether oxygens (including phenoxy) is 2. The van der Waals surface area contributed by atoms with Crippen molar-refractivity contribution in [3.05, 3.63) is 0 Å². The maximum atomic E-state index is 12.0. The molecular formula is C12H23NO3. The van der Waals surface area contributed by atoms with E-state index in [1.807, 2.05) is 13.8 Å². The molecule has 1 rings (SSSR count). The third kappa shape index (κ3) is 2.74. The van der Waals surface area contributed by atoms with Gasteiger partial charge in [-0.2, -0.15) is 0 Å². The van der Waals surface area contributed by atoms with Crippen molar-refractivity contribution in [1.82, 2.24) is 5.32 Å². The van der Waals surface area contributed by atoms with E-state index in [4.69, 9.17) is 9.47 Å². The molecule has 4 heteroatoms. The molecule has 0 amide bonds. The van der Waals surface area contributed by atoms with Crippen LogP contribution in [0.3, 0.4) is 0 Å². The van der Waals surface area contributed by atoms with Crippen LogP contribution in [0.4, 0.5) is 0 Å². The van der Waals surface area contributed by atoms with Gasteiger partial charge in [0.25, 0.3) is 0 Å². The van der Waals surface area contributed by atoms with Crippen LogP contribution in [-0.4, -0.2) is 37.4 Å². The molecule has 1 fully saturated rings. The molecule has 0 saturated carbocycles. The molecule has 4 nitrogen and oxygen atoms in total. The lowest BCUT2D eigenvalue weighted by atomic mass is 9.91. The minimum absolute atomic E-state index is 0.120. The van der Waals surface area contributed by atoms with Crippen molar-refractivity contribution in [2.24, 2.45) is 5.92 Å². The van der Waals surface area contributed by atoms with E-state index in [0.29, 0.717) is 25.6 Å². The van der Waals surface area contributed by atoms with E-state index in [1.165, 1.54) is 0 Å². The summed E-state index contributed by atoms with van der Waals surface area (Å²) in [5, 5.41) is 3.33. The summed E-state index contributed by atoms with van der Waals surface area (Å²) in [6.45, 7) is 9.82. The Morgan fingerprint density at radius 1 is 1.62 bits per heavy atom. The minimum Gasteiger partial charge on any atom is -0.465 e. The lowest BCUT2D eigenvalue weighted by Gasteiger charge is -2.31. The van der Waals surface area contributed by atoms with Crippen LogP contribution in [-0.2, 0) is 14.3 Å². The lowest BCUT2D eigenvalue weighted by Crippen LogP contribution is -2.58. The summed E-state index contributed by atoms with van der Waals surface area (Å²) in [6.07, 6.45) is 0.574. The van der Waals surface area contributed by atoms with Crippen LogP contribution in [0.2, 0.25) is 0 Å². The Bertz CT molecular complexity index is 242. The van der Waals surface area contributed by atoms with Crippen molar-refractivity contribution in [2.45, 2.75) is 45.8 Å².